The van der Waals surface area contributed by atoms with E-state index in [2.05, 4.69) is 35.1 Å². The maximum Gasteiger partial charge on any atom is 0.0412 e. The molecule has 84 valence electrons. The van der Waals surface area contributed by atoms with Crippen molar-refractivity contribution in [2.24, 2.45) is 0 Å². The third kappa shape index (κ3) is 3.03. The molecule has 1 aliphatic rings. The van der Waals surface area contributed by atoms with Crippen LogP contribution < -0.4 is 10.6 Å². The first kappa shape index (κ1) is 11.1. The van der Waals surface area contributed by atoms with Crippen molar-refractivity contribution in [2.45, 2.75) is 38.3 Å². The van der Waals surface area contributed by atoms with Gasteiger partial charge in [-0.2, -0.15) is 0 Å². The summed E-state index contributed by atoms with van der Waals surface area (Å²) in [7, 11) is 0. The summed E-state index contributed by atoms with van der Waals surface area (Å²) in [4.78, 5) is 1.47. The molecule has 2 heterocycles. The average Bonchev–Trinajstić information content (AvgIpc) is 2.90. The molecule has 1 aromatic rings. The van der Waals surface area contributed by atoms with E-state index in [1.54, 1.807) is 0 Å². The number of hydrogen-bond acceptors (Lipinski definition) is 3. The Morgan fingerprint density at radius 2 is 2.60 bits per heavy atom. The Labute approximate surface area is 96.1 Å². The van der Waals surface area contributed by atoms with Gasteiger partial charge in [0.25, 0.3) is 0 Å². The molecule has 0 aromatic carbocycles. The van der Waals surface area contributed by atoms with Crippen LogP contribution >= 0.6 is 11.3 Å². The molecule has 0 aliphatic carbocycles. The van der Waals surface area contributed by atoms with E-state index in [0.29, 0.717) is 12.1 Å². The molecule has 2 rings (SSSR count). The fourth-order valence-corrected chi connectivity index (χ4v) is 3.04. The van der Waals surface area contributed by atoms with Crippen molar-refractivity contribution in [3.63, 3.8) is 0 Å². The average molecular weight is 224 g/mol. The normalized spacial score (nSPS) is 23.1. The van der Waals surface area contributed by atoms with Gasteiger partial charge in [0.15, 0.2) is 0 Å². The molecule has 2 nitrogen and oxygen atoms in total. The van der Waals surface area contributed by atoms with E-state index < -0.39 is 0 Å². The Morgan fingerprint density at radius 1 is 1.67 bits per heavy atom. The van der Waals surface area contributed by atoms with Crippen molar-refractivity contribution < 1.29 is 0 Å². The smallest absolute Gasteiger partial charge is 0.0412 e. The van der Waals surface area contributed by atoms with Crippen molar-refractivity contribution >= 4 is 11.3 Å². The molecule has 1 aliphatic heterocycles. The predicted octanol–water partition coefficient (Wildman–Crippen LogP) is 2.54. The van der Waals surface area contributed by atoms with Crippen molar-refractivity contribution in [1.82, 2.24) is 10.6 Å². The largest absolute Gasteiger partial charge is 0.313 e. The van der Waals surface area contributed by atoms with Gasteiger partial charge in [-0.3, -0.25) is 0 Å². The SMILES string of the molecule is CCC(NCC1CCCN1)c1cccs1. The van der Waals surface area contributed by atoms with Gasteiger partial charge < -0.3 is 10.6 Å². The van der Waals surface area contributed by atoms with Gasteiger partial charge in [-0.05, 0) is 37.3 Å². The molecule has 1 saturated heterocycles. The quantitative estimate of drug-likeness (QED) is 0.803. The fraction of sp³-hybridized carbons (Fsp3) is 0.667. The third-order valence-corrected chi connectivity index (χ3v) is 4.05. The lowest BCUT2D eigenvalue weighted by Gasteiger charge is -2.18. The van der Waals surface area contributed by atoms with Crippen LogP contribution in [0.15, 0.2) is 17.5 Å². The molecule has 0 bridgehead atoms. The van der Waals surface area contributed by atoms with Crippen LogP contribution in [0.3, 0.4) is 0 Å². The Kier molecular flexibility index (Phi) is 4.18. The second-order valence-electron chi connectivity index (χ2n) is 4.18. The molecule has 15 heavy (non-hydrogen) atoms. The molecular formula is C12H20N2S. The number of rotatable bonds is 5. The Hall–Kier alpha value is -0.380. The summed E-state index contributed by atoms with van der Waals surface area (Å²) < 4.78 is 0. The first-order chi connectivity index (χ1) is 7.40. The van der Waals surface area contributed by atoms with E-state index in [1.807, 2.05) is 11.3 Å². The summed E-state index contributed by atoms with van der Waals surface area (Å²) in [5, 5.41) is 9.34. The zero-order valence-electron chi connectivity index (χ0n) is 9.33. The summed E-state index contributed by atoms with van der Waals surface area (Å²) in [5.74, 6) is 0. The van der Waals surface area contributed by atoms with Crippen LogP contribution in [-0.4, -0.2) is 19.1 Å². The third-order valence-electron chi connectivity index (χ3n) is 3.07. The molecule has 1 fully saturated rings. The first-order valence-corrected chi connectivity index (χ1v) is 6.78. The van der Waals surface area contributed by atoms with Gasteiger partial charge >= 0.3 is 0 Å². The monoisotopic (exact) mass is 224 g/mol. The maximum atomic E-state index is 3.66. The highest BCUT2D eigenvalue weighted by atomic mass is 32.1. The lowest BCUT2D eigenvalue weighted by atomic mass is 10.1. The van der Waals surface area contributed by atoms with E-state index in [9.17, 15) is 0 Å². The van der Waals surface area contributed by atoms with E-state index in [4.69, 9.17) is 0 Å². The molecule has 0 radical (unpaired) electrons. The van der Waals surface area contributed by atoms with Crippen LogP contribution in [0, 0.1) is 0 Å². The summed E-state index contributed by atoms with van der Waals surface area (Å²) >= 11 is 1.86. The minimum atomic E-state index is 0.549. The molecule has 3 heteroatoms. The fourth-order valence-electron chi connectivity index (χ4n) is 2.15. The second-order valence-corrected chi connectivity index (χ2v) is 5.16. The van der Waals surface area contributed by atoms with Gasteiger partial charge in [0.2, 0.25) is 0 Å². The molecule has 2 atom stereocenters. The molecular weight excluding hydrogens is 204 g/mol. The van der Waals surface area contributed by atoms with Gasteiger partial charge in [0.1, 0.15) is 0 Å². The van der Waals surface area contributed by atoms with Crippen LogP contribution in [0.4, 0.5) is 0 Å². The van der Waals surface area contributed by atoms with Gasteiger partial charge in [-0.15, -0.1) is 11.3 Å². The number of nitrogens with one attached hydrogen (secondary N) is 2. The molecule has 0 saturated carbocycles. The van der Waals surface area contributed by atoms with Crippen molar-refractivity contribution in [3.05, 3.63) is 22.4 Å². The van der Waals surface area contributed by atoms with Gasteiger partial charge in [0, 0.05) is 23.5 Å². The van der Waals surface area contributed by atoms with E-state index in [1.165, 1.54) is 30.7 Å². The Morgan fingerprint density at radius 3 is 3.20 bits per heavy atom. The highest BCUT2D eigenvalue weighted by molar-refractivity contribution is 7.10. The standard InChI is InChI=1S/C12H20N2S/c1-2-11(12-6-4-8-15-12)14-9-10-5-3-7-13-10/h4,6,8,10-11,13-14H,2-3,5,7,9H2,1H3. The van der Waals surface area contributed by atoms with E-state index >= 15 is 0 Å². The predicted molar refractivity (Wildman–Crippen MR) is 66.4 cm³/mol. The van der Waals surface area contributed by atoms with Crippen LogP contribution in [0.25, 0.3) is 0 Å². The van der Waals surface area contributed by atoms with E-state index in [0.717, 1.165) is 6.54 Å². The minimum absolute atomic E-state index is 0.549. The van der Waals surface area contributed by atoms with Crippen LogP contribution in [0.1, 0.15) is 37.1 Å². The molecule has 2 N–H and O–H groups in total. The summed E-state index contributed by atoms with van der Waals surface area (Å²) in [6.45, 7) is 4.55. The molecule has 0 spiro atoms. The highest BCUT2D eigenvalue weighted by Gasteiger charge is 2.16. The maximum absolute atomic E-state index is 3.66. The van der Waals surface area contributed by atoms with Gasteiger partial charge in [0.05, 0.1) is 0 Å². The summed E-state index contributed by atoms with van der Waals surface area (Å²) in [5.41, 5.74) is 0. The van der Waals surface area contributed by atoms with Crippen molar-refractivity contribution in [2.75, 3.05) is 13.1 Å². The lowest BCUT2D eigenvalue weighted by Crippen LogP contribution is -2.35. The van der Waals surface area contributed by atoms with Crippen LogP contribution in [0.5, 0.6) is 0 Å². The number of thiophene rings is 1. The van der Waals surface area contributed by atoms with Crippen molar-refractivity contribution in [3.8, 4) is 0 Å². The minimum Gasteiger partial charge on any atom is -0.313 e. The van der Waals surface area contributed by atoms with Gasteiger partial charge in [-0.25, -0.2) is 0 Å². The highest BCUT2D eigenvalue weighted by Crippen LogP contribution is 2.21. The first-order valence-electron chi connectivity index (χ1n) is 5.90. The van der Waals surface area contributed by atoms with Crippen LogP contribution in [0.2, 0.25) is 0 Å². The lowest BCUT2D eigenvalue weighted by molar-refractivity contribution is 0.466. The summed E-state index contributed by atoms with van der Waals surface area (Å²) in [6, 6.07) is 5.61. The zero-order chi connectivity index (χ0) is 10.5. The topological polar surface area (TPSA) is 24.1 Å². The summed E-state index contributed by atoms with van der Waals surface area (Å²) in [6.07, 6.45) is 3.84. The molecule has 1 aromatic heterocycles. The zero-order valence-corrected chi connectivity index (χ0v) is 10.1. The Balaban J connectivity index is 1.80. The van der Waals surface area contributed by atoms with E-state index in [-0.39, 0.29) is 0 Å². The number of hydrogen-bond donors (Lipinski definition) is 2. The Bertz CT molecular complexity index is 265. The molecule has 0 amide bonds. The van der Waals surface area contributed by atoms with Gasteiger partial charge in [-0.1, -0.05) is 13.0 Å². The second kappa shape index (κ2) is 5.64. The van der Waals surface area contributed by atoms with Crippen LogP contribution in [-0.2, 0) is 0 Å². The molecule has 2 unspecified atom stereocenters. The van der Waals surface area contributed by atoms with Crippen molar-refractivity contribution in [1.29, 1.82) is 0 Å².